The summed E-state index contributed by atoms with van der Waals surface area (Å²) in [5.41, 5.74) is 3.41. The summed E-state index contributed by atoms with van der Waals surface area (Å²) in [7, 11) is 3.47. The van der Waals surface area contributed by atoms with Crippen molar-refractivity contribution in [2.45, 2.75) is 89.8 Å². The van der Waals surface area contributed by atoms with E-state index in [2.05, 4.69) is 44.2 Å². The number of aliphatic imine (C=N–C) groups is 1. The third-order valence-corrected chi connectivity index (χ3v) is 9.73. The molecule has 2 N–H and O–H groups in total. The maximum absolute atomic E-state index is 13.2. The van der Waals surface area contributed by atoms with Crippen molar-refractivity contribution in [3.63, 3.8) is 0 Å². The average molecular weight is 775 g/mol. The first kappa shape index (κ1) is 44.1. The number of likely N-dealkylation sites (N-methyl/N-ethyl adjacent to an activating group) is 1. The van der Waals surface area contributed by atoms with Crippen LogP contribution in [0, 0.1) is 0 Å². The molecular formula is C43H62N6O7. The number of amides is 1. The summed E-state index contributed by atoms with van der Waals surface area (Å²) in [6, 6.07) is 17.4. The summed E-state index contributed by atoms with van der Waals surface area (Å²) in [4.78, 5) is 40.0. The maximum atomic E-state index is 13.2. The predicted molar refractivity (Wildman–Crippen MR) is 218 cm³/mol. The van der Waals surface area contributed by atoms with E-state index in [1.165, 1.54) is 7.11 Å². The fourth-order valence-electron chi connectivity index (χ4n) is 6.44. The Bertz CT molecular complexity index is 1590. The fraction of sp³-hybridized carbons (Fsp3) is 0.558. The van der Waals surface area contributed by atoms with Gasteiger partial charge in [-0.1, -0.05) is 38.0 Å². The highest BCUT2D eigenvalue weighted by Gasteiger charge is 2.34. The van der Waals surface area contributed by atoms with Crippen LogP contribution in [-0.2, 0) is 23.7 Å². The van der Waals surface area contributed by atoms with E-state index in [-0.39, 0.29) is 30.0 Å². The second-order valence-corrected chi connectivity index (χ2v) is 13.9. The molecule has 0 radical (unpaired) electrons. The second-order valence-electron chi connectivity index (χ2n) is 13.9. The van der Waals surface area contributed by atoms with Crippen LogP contribution in [-0.4, -0.2) is 106 Å². The van der Waals surface area contributed by atoms with Crippen molar-refractivity contribution in [1.82, 2.24) is 20.2 Å². The molecule has 13 heteroatoms. The number of methoxy groups -OCH3 is 1. The number of benzene rings is 2. The van der Waals surface area contributed by atoms with Crippen LogP contribution in [0.1, 0.15) is 105 Å². The number of rotatable bonds is 28. The Kier molecular flexibility index (Phi) is 20.1. The molecule has 0 fully saturated rings. The quantitative estimate of drug-likeness (QED) is 0.0583. The Hall–Kier alpha value is -4.59. The van der Waals surface area contributed by atoms with Gasteiger partial charge in [0.2, 0.25) is 0 Å². The van der Waals surface area contributed by atoms with Gasteiger partial charge in [-0.25, -0.2) is 9.97 Å². The molecule has 2 heterocycles. The molecule has 306 valence electrons. The van der Waals surface area contributed by atoms with Crippen molar-refractivity contribution in [3.8, 4) is 5.75 Å². The number of carbonyl (C=O) groups is 2. The third-order valence-electron chi connectivity index (χ3n) is 9.73. The van der Waals surface area contributed by atoms with Crippen LogP contribution in [0.4, 0.5) is 5.69 Å². The van der Waals surface area contributed by atoms with E-state index in [1.54, 1.807) is 12.5 Å². The Morgan fingerprint density at radius 1 is 0.839 bits per heavy atom. The van der Waals surface area contributed by atoms with E-state index in [4.69, 9.17) is 23.9 Å². The van der Waals surface area contributed by atoms with Crippen LogP contribution < -0.4 is 15.4 Å². The minimum Gasteiger partial charge on any atom is -0.494 e. The molecule has 56 heavy (non-hydrogen) atoms. The lowest BCUT2D eigenvalue weighted by atomic mass is 10.0. The van der Waals surface area contributed by atoms with Gasteiger partial charge in [0.1, 0.15) is 17.9 Å². The minimum atomic E-state index is -0.172. The topological polar surface area (TPSA) is 146 Å². The number of nitrogens with zero attached hydrogens (tertiary/aromatic N) is 4. The Morgan fingerprint density at radius 3 is 2.18 bits per heavy atom. The van der Waals surface area contributed by atoms with Crippen LogP contribution in [0.25, 0.3) is 0 Å². The number of anilines is 1. The van der Waals surface area contributed by atoms with E-state index in [0.717, 1.165) is 86.5 Å². The highest BCUT2D eigenvalue weighted by molar-refractivity contribution is 5.95. The number of unbranched alkanes of at least 4 members (excludes halogenated alkanes) is 5. The van der Waals surface area contributed by atoms with Crippen molar-refractivity contribution >= 4 is 23.4 Å². The van der Waals surface area contributed by atoms with Crippen molar-refractivity contribution in [3.05, 3.63) is 83.9 Å². The van der Waals surface area contributed by atoms with Crippen LogP contribution in [0.2, 0.25) is 0 Å². The molecule has 1 aliphatic rings. The van der Waals surface area contributed by atoms with Crippen LogP contribution >= 0.6 is 0 Å². The molecule has 0 saturated carbocycles. The number of hydrogen-bond donors (Lipinski definition) is 2. The van der Waals surface area contributed by atoms with E-state index in [1.807, 2.05) is 61.5 Å². The normalized spacial score (nSPS) is 15.6. The fourth-order valence-corrected chi connectivity index (χ4v) is 6.44. The zero-order valence-electron chi connectivity index (χ0n) is 33.8. The number of carbonyl (C=O) groups excluding carboxylic acids is 2. The standard InChI is InChI=1S/C43H62N6O7/c1-5-38-42(39-21-22-44-32-46-39)49(3)40(48-38)31-45-36-15-13-14-35(30-36)43(51)47-33(2)34-17-19-37(20-18-34)56-25-12-7-6-10-23-53-26-28-55-29-27-54-24-11-8-9-16-41(50)52-4/h13-15,17-22,30,32-33,38,42,45H,5-12,16,23-29,31H2,1-4H3,(H,47,51)/t33-,38-,42?/m0/s1. The van der Waals surface area contributed by atoms with Gasteiger partial charge in [0.15, 0.2) is 0 Å². The summed E-state index contributed by atoms with van der Waals surface area (Å²) in [5.74, 6) is 1.48. The summed E-state index contributed by atoms with van der Waals surface area (Å²) in [5, 5.41) is 6.58. The number of esters is 1. The number of hydrogen-bond acceptors (Lipinski definition) is 12. The molecule has 1 aliphatic heterocycles. The number of ether oxygens (including phenoxy) is 5. The molecule has 3 atom stereocenters. The van der Waals surface area contributed by atoms with Gasteiger partial charge in [-0.15, -0.1) is 0 Å². The van der Waals surface area contributed by atoms with Gasteiger partial charge >= 0.3 is 5.97 Å². The highest BCUT2D eigenvalue weighted by Crippen LogP contribution is 2.31. The van der Waals surface area contributed by atoms with Gasteiger partial charge in [0.25, 0.3) is 5.91 Å². The van der Waals surface area contributed by atoms with Crippen LogP contribution in [0.15, 0.2) is 72.1 Å². The van der Waals surface area contributed by atoms with Crippen LogP contribution in [0.3, 0.4) is 0 Å². The van der Waals surface area contributed by atoms with E-state index >= 15 is 0 Å². The summed E-state index contributed by atoms with van der Waals surface area (Å²) >= 11 is 0. The maximum Gasteiger partial charge on any atom is 0.305 e. The molecule has 1 amide bonds. The molecule has 2 aromatic carbocycles. The molecular weight excluding hydrogens is 713 g/mol. The first-order chi connectivity index (χ1) is 27.4. The predicted octanol–water partition coefficient (Wildman–Crippen LogP) is 6.97. The SMILES string of the molecule is CC[C@@H]1N=C(CNc2cccc(C(=O)N[C@@H](C)c3ccc(OCCCCCCOCCOCCOCCCCCC(=O)OC)cc3)c2)N(C)C1c1ccncn1. The van der Waals surface area contributed by atoms with Crippen molar-refractivity contribution in [1.29, 1.82) is 0 Å². The van der Waals surface area contributed by atoms with Gasteiger partial charge in [0, 0.05) is 44.1 Å². The van der Waals surface area contributed by atoms with Crippen molar-refractivity contribution < 1.29 is 33.3 Å². The highest BCUT2D eigenvalue weighted by atomic mass is 16.5. The van der Waals surface area contributed by atoms with Gasteiger partial charge in [-0.2, -0.15) is 0 Å². The molecule has 1 aromatic heterocycles. The molecule has 3 aromatic rings. The third kappa shape index (κ3) is 15.5. The van der Waals surface area contributed by atoms with E-state index < -0.39 is 0 Å². The molecule has 0 spiro atoms. The molecule has 1 unspecified atom stereocenters. The van der Waals surface area contributed by atoms with Crippen molar-refractivity contribution in [2.75, 3.05) is 72.3 Å². The molecule has 0 saturated heterocycles. The van der Waals surface area contributed by atoms with E-state index in [9.17, 15) is 9.59 Å². The lowest BCUT2D eigenvalue weighted by molar-refractivity contribution is -0.140. The number of nitrogens with one attached hydrogen (secondary N) is 2. The van der Waals surface area contributed by atoms with E-state index in [0.29, 0.717) is 58.2 Å². The zero-order chi connectivity index (χ0) is 39.8. The van der Waals surface area contributed by atoms with Crippen molar-refractivity contribution in [2.24, 2.45) is 4.99 Å². The monoisotopic (exact) mass is 774 g/mol. The molecule has 13 nitrogen and oxygen atoms in total. The molecule has 0 aliphatic carbocycles. The molecule has 4 rings (SSSR count). The van der Waals surface area contributed by atoms with Gasteiger partial charge < -0.3 is 39.2 Å². The Balaban J connectivity index is 1.02. The largest absolute Gasteiger partial charge is 0.494 e. The minimum absolute atomic E-state index is 0.0750. The Morgan fingerprint density at radius 2 is 1.52 bits per heavy atom. The first-order valence-corrected chi connectivity index (χ1v) is 20.1. The second kappa shape index (κ2) is 25.5. The first-order valence-electron chi connectivity index (χ1n) is 20.1. The lowest BCUT2D eigenvalue weighted by Crippen LogP contribution is -2.33. The zero-order valence-corrected chi connectivity index (χ0v) is 33.8. The lowest BCUT2D eigenvalue weighted by Gasteiger charge is -2.26. The van der Waals surface area contributed by atoms with Crippen LogP contribution in [0.5, 0.6) is 5.75 Å². The summed E-state index contributed by atoms with van der Waals surface area (Å²) in [6.07, 6.45) is 11.6. The van der Waals surface area contributed by atoms with Gasteiger partial charge in [-0.3, -0.25) is 14.6 Å². The smallest absolute Gasteiger partial charge is 0.305 e. The Labute approximate surface area is 332 Å². The average Bonchev–Trinajstić information content (AvgIpc) is 3.55. The van der Waals surface area contributed by atoms with Gasteiger partial charge in [-0.05, 0) is 87.4 Å². The van der Waals surface area contributed by atoms with Gasteiger partial charge in [0.05, 0.1) is 70.5 Å². The number of aromatic nitrogens is 2. The summed E-state index contributed by atoms with van der Waals surface area (Å²) < 4.78 is 27.4. The summed E-state index contributed by atoms with van der Waals surface area (Å²) in [6.45, 7) is 9.01. The number of amidine groups is 1. The molecule has 0 bridgehead atoms.